The van der Waals surface area contributed by atoms with Gasteiger partial charge in [0.1, 0.15) is 17.2 Å². The van der Waals surface area contributed by atoms with Crippen molar-refractivity contribution >= 4 is 22.0 Å². The predicted molar refractivity (Wildman–Crippen MR) is 112 cm³/mol. The summed E-state index contributed by atoms with van der Waals surface area (Å²) < 4.78 is 32.5. The van der Waals surface area contributed by atoms with E-state index in [4.69, 9.17) is 23.8 Å². The molecule has 170 valence electrons. The molecule has 0 saturated carbocycles. The number of hydrogen-bond donors (Lipinski definition) is 5. The zero-order valence-electron chi connectivity index (χ0n) is 16.4. The number of carbonyl (C=O) groups is 1. The number of carbonyl (C=O) groups excluding carboxylic acids is 1. The van der Waals surface area contributed by atoms with E-state index in [-0.39, 0.29) is 23.0 Å². The topological polar surface area (TPSA) is 172 Å². The van der Waals surface area contributed by atoms with Crippen LogP contribution in [0.3, 0.4) is 0 Å². The largest absolute Gasteiger partial charge is 0.613 e. The number of fused-ring (bicyclic) bond motifs is 6. The molecule has 1 spiro atoms. The molecule has 2 aliphatic heterocycles. The van der Waals surface area contributed by atoms with Crippen LogP contribution in [0.15, 0.2) is 60.7 Å². The van der Waals surface area contributed by atoms with Gasteiger partial charge in [-0.15, -0.1) is 0 Å². The Bertz CT molecular complexity index is 1340. The van der Waals surface area contributed by atoms with Crippen molar-refractivity contribution in [2.24, 2.45) is 0 Å². The van der Waals surface area contributed by atoms with Crippen LogP contribution >= 0.6 is 16.0 Å². The van der Waals surface area contributed by atoms with E-state index >= 15 is 0 Å². The normalized spacial score (nSPS) is 18.6. The Morgan fingerprint density at radius 1 is 0.848 bits per heavy atom. The van der Waals surface area contributed by atoms with Gasteiger partial charge in [0.25, 0.3) is 0 Å². The molecular weight excluding hydrogens is 478 g/mol. The first kappa shape index (κ1) is 21.8. The van der Waals surface area contributed by atoms with Gasteiger partial charge in [0.2, 0.25) is 0 Å². The summed E-state index contributed by atoms with van der Waals surface area (Å²) in [5.41, 5.74) is 0.0969. The van der Waals surface area contributed by atoms with Crippen molar-refractivity contribution in [3.63, 3.8) is 0 Å². The molecule has 2 heterocycles. The zero-order valence-corrected chi connectivity index (χ0v) is 18.1. The van der Waals surface area contributed by atoms with Crippen LogP contribution in [0, 0.1) is 0 Å². The van der Waals surface area contributed by atoms with Crippen LogP contribution in [0.1, 0.15) is 27.0 Å². The first-order chi connectivity index (χ1) is 15.5. The van der Waals surface area contributed by atoms with Crippen molar-refractivity contribution in [2.75, 3.05) is 0 Å². The molecule has 3 aromatic rings. The predicted octanol–water partition coefficient (Wildman–Crippen LogP) is 2.76. The minimum atomic E-state index is -4.86. The Labute approximate surface area is 186 Å². The second-order valence-electron chi connectivity index (χ2n) is 7.22. The molecular formula is C20H15O11P2+. The van der Waals surface area contributed by atoms with Gasteiger partial charge in [-0.25, -0.2) is 9.36 Å². The molecule has 0 fully saturated rings. The summed E-state index contributed by atoms with van der Waals surface area (Å²) in [5.74, 6) is -0.796. The van der Waals surface area contributed by atoms with Crippen molar-refractivity contribution in [1.29, 1.82) is 0 Å². The summed E-state index contributed by atoms with van der Waals surface area (Å²) in [6, 6.07) is 14.8. The van der Waals surface area contributed by atoms with Crippen LogP contribution in [-0.2, 0) is 14.9 Å². The number of phosphoric acid groups is 1. The molecule has 0 saturated heterocycles. The molecule has 5 rings (SSSR count). The molecule has 2 aliphatic rings. The van der Waals surface area contributed by atoms with E-state index in [9.17, 15) is 24.0 Å². The van der Waals surface area contributed by atoms with E-state index in [2.05, 4.69) is 4.52 Å². The summed E-state index contributed by atoms with van der Waals surface area (Å²) in [6.07, 6.45) is 0. The van der Waals surface area contributed by atoms with Gasteiger partial charge >= 0.3 is 22.0 Å². The van der Waals surface area contributed by atoms with E-state index in [0.717, 1.165) is 0 Å². The molecule has 33 heavy (non-hydrogen) atoms. The highest BCUT2D eigenvalue weighted by atomic mass is 31.2. The second-order valence-corrected chi connectivity index (χ2v) is 9.59. The van der Waals surface area contributed by atoms with Crippen molar-refractivity contribution in [3.8, 4) is 23.0 Å². The molecule has 0 bridgehead atoms. The number of benzene rings is 3. The molecule has 5 N–H and O–H groups in total. The number of esters is 1. The molecule has 0 aliphatic carbocycles. The fourth-order valence-corrected chi connectivity index (χ4v) is 4.81. The highest BCUT2D eigenvalue weighted by molar-refractivity contribution is 7.53. The van der Waals surface area contributed by atoms with Crippen LogP contribution in [0.4, 0.5) is 0 Å². The van der Waals surface area contributed by atoms with Gasteiger partial charge in [-0.1, -0.05) is 18.2 Å². The SMILES string of the molecule is O=C1OC2(c3ccc(OP(=O)(O)O)cc3Oc3cc(O[P+](O)(O)O)ccc32)c2ccccc21. The maximum Gasteiger partial charge on any atom is 0.613 e. The first-order valence-corrected chi connectivity index (χ1v) is 12.4. The van der Waals surface area contributed by atoms with Crippen LogP contribution in [0.2, 0.25) is 0 Å². The third kappa shape index (κ3) is 3.76. The zero-order chi connectivity index (χ0) is 23.6. The van der Waals surface area contributed by atoms with Crippen molar-refractivity contribution in [1.82, 2.24) is 0 Å². The van der Waals surface area contributed by atoms with Crippen LogP contribution in [-0.4, -0.2) is 30.4 Å². The van der Waals surface area contributed by atoms with Crippen LogP contribution in [0.25, 0.3) is 0 Å². The molecule has 1 unspecified atom stereocenters. The fourth-order valence-electron chi connectivity index (χ4n) is 4.03. The average molecular weight is 493 g/mol. The van der Waals surface area contributed by atoms with Crippen LogP contribution in [0.5, 0.6) is 23.0 Å². The molecule has 13 heteroatoms. The third-order valence-electron chi connectivity index (χ3n) is 5.11. The molecule has 0 aromatic heterocycles. The molecule has 11 nitrogen and oxygen atoms in total. The fraction of sp³-hybridized carbons (Fsp3) is 0.0500. The Morgan fingerprint density at radius 2 is 1.45 bits per heavy atom. The van der Waals surface area contributed by atoms with Gasteiger partial charge in [0.05, 0.1) is 5.56 Å². The van der Waals surface area contributed by atoms with E-state index in [0.29, 0.717) is 22.3 Å². The van der Waals surface area contributed by atoms with Gasteiger partial charge in [-0.05, 0) is 30.3 Å². The van der Waals surface area contributed by atoms with E-state index < -0.39 is 27.6 Å². The molecule has 0 amide bonds. The minimum absolute atomic E-state index is 0.0631. The van der Waals surface area contributed by atoms with Crippen molar-refractivity contribution in [2.45, 2.75) is 5.60 Å². The molecule has 1 atom stereocenters. The first-order valence-electron chi connectivity index (χ1n) is 9.28. The lowest BCUT2D eigenvalue weighted by Crippen LogP contribution is -2.33. The van der Waals surface area contributed by atoms with Gasteiger partial charge in [0.15, 0.2) is 11.4 Å². The number of rotatable bonds is 4. The summed E-state index contributed by atoms with van der Waals surface area (Å²) in [7, 11) is -9.47. The minimum Gasteiger partial charge on any atom is -0.456 e. The number of hydrogen-bond acceptors (Lipinski definition) is 9. The Kier molecular flexibility index (Phi) is 4.79. The quantitative estimate of drug-likeness (QED) is 0.267. The summed E-state index contributed by atoms with van der Waals surface area (Å²) >= 11 is 0. The Balaban J connectivity index is 1.74. The van der Waals surface area contributed by atoms with Crippen molar-refractivity contribution < 1.29 is 52.3 Å². The van der Waals surface area contributed by atoms with E-state index in [1.54, 1.807) is 24.3 Å². The highest BCUT2D eigenvalue weighted by Gasteiger charge is 2.53. The monoisotopic (exact) mass is 493 g/mol. The number of phosphoric ester groups is 1. The van der Waals surface area contributed by atoms with Gasteiger partial charge in [-0.3, -0.25) is 14.3 Å². The molecule has 3 aromatic carbocycles. The average Bonchev–Trinajstić information content (AvgIpc) is 2.99. The summed E-state index contributed by atoms with van der Waals surface area (Å²) in [4.78, 5) is 58.8. The highest BCUT2D eigenvalue weighted by Crippen LogP contribution is 2.58. The van der Waals surface area contributed by atoms with Gasteiger partial charge in [0, 0.05) is 28.8 Å². The Hall–Kier alpha value is -3.01. The van der Waals surface area contributed by atoms with Gasteiger partial charge in [-0.2, -0.15) is 14.7 Å². The third-order valence-corrected chi connectivity index (χ3v) is 6.01. The van der Waals surface area contributed by atoms with Gasteiger partial charge < -0.3 is 14.0 Å². The summed E-state index contributed by atoms with van der Waals surface area (Å²) in [6.45, 7) is 0. The smallest absolute Gasteiger partial charge is 0.456 e. The standard InChI is InChI=1S/C20H14O11P2/c21-19-13-3-1-2-4-14(13)20(29-19)15-7-5-11(30-32(22,23)24)9-17(15)28-18-10-12(6-8-16(18)20)31-33(25,26)27/h1-10,22-24H,(H-,25,26,27)/p+1. The molecule has 0 radical (unpaired) electrons. The Morgan fingerprint density at radius 3 is 2.09 bits per heavy atom. The van der Waals surface area contributed by atoms with Crippen LogP contribution < -0.4 is 13.8 Å². The summed E-state index contributed by atoms with van der Waals surface area (Å²) in [5, 5.41) is 0. The maximum absolute atomic E-state index is 12.8. The maximum atomic E-state index is 12.8. The lowest BCUT2D eigenvalue weighted by molar-refractivity contribution is 0.0224. The second kappa shape index (κ2) is 7.24. The number of ether oxygens (including phenoxy) is 2. The lowest BCUT2D eigenvalue weighted by Gasteiger charge is -2.36. The van der Waals surface area contributed by atoms with E-state index in [1.807, 2.05) is 0 Å². The van der Waals surface area contributed by atoms with Crippen molar-refractivity contribution in [3.05, 3.63) is 82.9 Å². The van der Waals surface area contributed by atoms with E-state index in [1.165, 1.54) is 36.4 Å². The lowest BCUT2D eigenvalue weighted by atomic mass is 9.77.